The van der Waals surface area contributed by atoms with Crippen LogP contribution < -0.4 is 4.72 Å². The van der Waals surface area contributed by atoms with Gasteiger partial charge in [0.1, 0.15) is 0 Å². The van der Waals surface area contributed by atoms with Gasteiger partial charge in [0, 0.05) is 23.6 Å². The predicted octanol–water partition coefficient (Wildman–Crippen LogP) is 0.393. The van der Waals surface area contributed by atoms with E-state index in [1.165, 1.54) is 12.6 Å². The minimum absolute atomic E-state index is 0.0116. The zero-order valence-electron chi connectivity index (χ0n) is 14.3. The molecule has 1 heterocycles. The molecule has 2 rings (SSSR count). The van der Waals surface area contributed by atoms with E-state index >= 15 is 0 Å². The van der Waals surface area contributed by atoms with Crippen molar-refractivity contribution in [2.24, 2.45) is 0 Å². The Bertz CT molecular complexity index is 835. The Morgan fingerprint density at radius 2 is 1.84 bits per heavy atom. The van der Waals surface area contributed by atoms with Gasteiger partial charge in [-0.3, -0.25) is 0 Å². The fourth-order valence-corrected chi connectivity index (χ4v) is 2.92. The lowest BCUT2D eigenvalue weighted by Gasteiger charge is -2.08. The highest BCUT2D eigenvalue weighted by Gasteiger charge is 2.11. The van der Waals surface area contributed by atoms with Gasteiger partial charge in [-0.25, -0.2) is 17.7 Å². The van der Waals surface area contributed by atoms with E-state index in [9.17, 15) is 8.42 Å². The van der Waals surface area contributed by atoms with E-state index in [4.69, 9.17) is 19.2 Å². The number of sulfonamides is 1. The number of hydrogen-bond acceptors (Lipinski definition) is 4. The van der Waals surface area contributed by atoms with Crippen LogP contribution in [0.15, 0.2) is 24.4 Å². The molecule has 0 aliphatic carbocycles. The number of benzene rings is 1. The maximum atomic E-state index is 11.6. The van der Waals surface area contributed by atoms with Gasteiger partial charge in [0.05, 0.1) is 5.75 Å². The summed E-state index contributed by atoms with van der Waals surface area (Å²) in [6, 6.07) is 5.75. The molecular formula is C14H24N3O6PS. The third kappa shape index (κ3) is 8.59. The molecule has 1 aromatic carbocycles. The molecule has 0 radical (unpaired) electrons. The fourth-order valence-electron chi connectivity index (χ4n) is 2.16. The van der Waals surface area contributed by atoms with Crippen LogP contribution in [0.3, 0.4) is 0 Å². The van der Waals surface area contributed by atoms with Crippen LogP contribution in [-0.2, 0) is 26.8 Å². The highest BCUT2D eigenvalue weighted by molar-refractivity contribution is 7.88. The van der Waals surface area contributed by atoms with E-state index in [1.807, 2.05) is 38.5 Å². The summed E-state index contributed by atoms with van der Waals surface area (Å²) in [5, 5.41) is 1.11. The van der Waals surface area contributed by atoms with Crippen molar-refractivity contribution >= 4 is 28.7 Å². The van der Waals surface area contributed by atoms with Crippen LogP contribution >= 0.6 is 7.82 Å². The molecule has 0 aliphatic heterocycles. The van der Waals surface area contributed by atoms with Gasteiger partial charge in [-0.05, 0) is 50.8 Å². The first-order valence-electron chi connectivity index (χ1n) is 7.34. The van der Waals surface area contributed by atoms with Gasteiger partial charge < -0.3 is 24.6 Å². The SMILES string of the molecule is CNS(=O)(=O)Cc1ccc2[nH]cc(CCN(C)C)c2c1.O=P(O)(O)O. The van der Waals surface area contributed by atoms with Crippen molar-refractivity contribution < 1.29 is 27.7 Å². The first-order valence-corrected chi connectivity index (χ1v) is 10.6. The number of phosphoric acid groups is 1. The van der Waals surface area contributed by atoms with Crippen molar-refractivity contribution in [3.05, 3.63) is 35.5 Å². The van der Waals surface area contributed by atoms with Crippen LogP contribution in [0.4, 0.5) is 0 Å². The van der Waals surface area contributed by atoms with Crippen molar-refractivity contribution in [1.82, 2.24) is 14.6 Å². The lowest BCUT2D eigenvalue weighted by atomic mass is 10.1. The number of rotatable bonds is 6. The Morgan fingerprint density at radius 1 is 1.24 bits per heavy atom. The topological polar surface area (TPSA) is 143 Å². The number of nitrogens with zero attached hydrogens (tertiary/aromatic N) is 1. The van der Waals surface area contributed by atoms with Gasteiger partial charge >= 0.3 is 7.82 Å². The highest BCUT2D eigenvalue weighted by Crippen LogP contribution is 2.25. The smallest absolute Gasteiger partial charge is 0.361 e. The Morgan fingerprint density at radius 3 is 2.36 bits per heavy atom. The van der Waals surface area contributed by atoms with Gasteiger partial charge in [0.15, 0.2) is 0 Å². The Balaban J connectivity index is 0.000000550. The standard InChI is InChI=1S/C14H21N3O2S.H3O4P/c1-15-20(18,19)10-11-4-5-14-13(8-11)12(9-16-14)6-7-17(2)3;1-5(2,3)4/h4-5,8-9,15-16H,6-7,10H2,1-3H3;(H3,1,2,3,4). The molecule has 9 nitrogen and oxygen atoms in total. The van der Waals surface area contributed by atoms with Crippen LogP contribution in [0.5, 0.6) is 0 Å². The van der Waals surface area contributed by atoms with Crippen molar-refractivity contribution in [2.75, 3.05) is 27.7 Å². The van der Waals surface area contributed by atoms with Crippen LogP contribution in [0.2, 0.25) is 0 Å². The molecule has 0 bridgehead atoms. The van der Waals surface area contributed by atoms with E-state index < -0.39 is 17.8 Å². The van der Waals surface area contributed by atoms with E-state index in [0.29, 0.717) is 0 Å². The molecule has 5 N–H and O–H groups in total. The Kier molecular flexibility index (Phi) is 7.76. The zero-order valence-corrected chi connectivity index (χ0v) is 16.0. The van der Waals surface area contributed by atoms with Crippen LogP contribution in [0.25, 0.3) is 10.9 Å². The lowest BCUT2D eigenvalue weighted by molar-refractivity contribution is 0.275. The first kappa shape index (κ1) is 21.8. The van der Waals surface area contributed by atoms with E-state index in [-0.39, 0.29) is 5.75 Å². The molecule has 0 unspecified atom stereocenters. The molecule has 0 saturated heterocycles. The lowest BCUT2D eigenvalue weighted by Crippen LogP contribution is -2.20. The Labute approximate surface area is 147 Å². The second-order valence-corrected chi connectivity index (χ2v) is 8.68. The third-order valence-electron chi connectivity index (χ3n) is 3.33. The number of nitrogens with one attached hydrogen (secondary N) is 2. The monoisotopic (exact) mass is 393 g/mol. The summed E-state index contributed by atoms with van der Waals surface area (Å²) in [5.41, 5.74) is 3.07. The molecule has 142 valence electrons. The third-order valence-corrected chi connectivity index (χ3v) is 4.66. The van der Waals surface area contributed by atoms with Crippen molar-refractivity contribution in [2.45, 2.75) is 12.2 Å². The summed E-state index contributed by atoms with van der Waals surface area (Å²) in [6.07, 6.45) is 2.94. The number of aromatic nitrogens is 1. The molecule has 1 aromatic heterocycles. The number of likely N-dealkylation sites (N-methyl/N-ethyl adjacent to an activating group) is 1. The minimum Gasteiger partial charge on any atom is -0.361 e. The molecule has 0 atom stereocenters. The minimum atomic E-state index is -4.64. The molecule has 25 heavy (non-hydrogen) atoms. The van der Waals surface area contributed by atoms with Crippen molar-refractivity contribution in [3.8, 4) is 0 Å². The fraction of sp³-hybridized carbons (Fsp3) is 0.429. The molecule has 0 aliphatic rings. The van der Waals surface area contributed by atoms with Crippen molar-refractivity contribution in [1.29, 1.82) is 0 Å². The molecule has 0 spiro atoms. The summed E-state index contributed by atoms with van der Waals surface area (Å²) in [7, 11) is -2.35. The highest BCUT2D eigenvalue weighted by atomic mass is 32.2. The van der Waals surface area contributed by atoms with Gasteiger partial charge in [-0.2, -0.15) is 0 Å². The van der Waals surface area contributed by atoms with Crippen LogP contribution in [0.1, 0.15) is 11.1 Å². The van der Waals surface area contributed by atoms with Gasteiger partial charge in [0.2, 0.25) is 10.0 Å². The molecule has 11 heteroatoms. The van der Waals surface area contributed by atoms with Gasteiger partial charge in [-0.15, -0.1) is 0 Å². The first-order chi connectivity index (χ1) is 11.4. The second-order valence-electron chi connectivity index (χ2n) is 5.72. The summed E-state index contributed by atoms with van der Waals surface area (Å²) in [6.45, 7) is 0.964. The summed E-state index contributed by atoms with van der Waals surface area (Å²) >= 11 is 0. The van der Waals surface area contributed by atoms with E-state index in [2.05, 4.69) is 14.6 Å². The number of H-pyrrole nitrogens is 1. The maximum absolute atomic E-state index is 11.6. The second kappa shape index (κ2) is 8.91. The molecule has 0 amide bonds. The molecule has 2 aromatic rings. The van der Waals surface area contributed by atoms with Crippen molar-refractivity contribution in [3.63, 3.8) is 0 Å². The largest absolute Gasteiger partial charge is 0.466 e. The molecule has 0 saturated carbocycles. The number of fused-ring (bicyclic) bond motifs is 1. The average Bonchev–Trinajstić information content (AvgIpc) is 2.85. The van der Waals surface area contributed by atoms with E-state index in [0.717, 1.165) is 29.4 Å². The normalized spacial score (nSPS) is 12.3. The maximum Gasteiger partial charge on any atom is 0.466 e. The molecular weight excluding hydrogens is 369 g/mol. The zero-order chi connectivity index (χ0) is 19.3. The van der Waals surface area contributed by atoms with E-state index in [1.54, 1.807) is 0 Å². The van der Waals surface area contributed by atoms with Crippen LogP contribution in [-0.4, -0.2) is 60.7 Å². The predicted molar refractivity (Wildman–Crippen MR) is 96.5 cm³/mol. The van der Waals surface area contributed by atoms with Gasteiger partial charge in [-0.1, -0.05) is 6.07 Å². The summed E-state index contributed by atoms with van der Waals surface area (Å²) in [4.78, 5) is 26.9. The quantitative estimate of drug-likeness (QED) is 0.447. The summed E-state index contributed by atoms with van der Waals surface area (Å²) < 4.78 is 34.5. The number of aromatic amines is 1. The van der Waals surface area contributed by atoms with Crippen LogP contribution in [0, 0.1) is 0 Å². The van der Waals surface area contributed by atoms with Gasteiger partial charge in [0.25, 0.3) is 0 Å². The average molecular weight is 393 g/mol. The Hall–Kier alpha value is -1.26. The number of hydrogen-bond donors (Lipinski definition) is 5. The molecule has 0 fully saturated rings. The summed E-state index contributed by atoms with van der Waals surface area (Å²) in [5.74, 6) is 0.0116.